The molecule has 0 aliphatic rings. The predicted octanol–water partition coefficient (Wildman–Crippen LogP) is 1.54. The highest BCUT2D eigenvalue weighted by Gasteiger charge is 2.03. The van der Waals surface area contributed by atoms with Crippen LogP contribution in [0.25, 0.3) is 0 Å². The molecule has 1 N–H and O–H groups in total. The van der Waals surface area contributed by atoms with Crippen molar-refractivity contribution < 1.29 is 5.11 Å². The van der Waals surface area contributed by atoms with Crippen LogP contribution in [0.15, 0.2) is 42.9 Å². The lowest BCUT2D eigenvalue weighted by atomic mass is 10.1. The number of nitriles is 1. The first kappa shape index (κ1) is 14.8. The Morgan fingerprint density at radius 2 is 1.83 bits per heavy atom. The van der Waals surface area contributed by atoms with Crippen molar-refractivity contribution in [1.82, 2.24) is 24.8 Å². The lowest BCUT2D eigenvalue weighted by molar-refractivity contribution is 0.475. The number of aromatic nitrogens is 5. The summed E-state index contributed by atoms with van der Waals surface area (Å²) in [6, 6.07) is 9.24. The van der Waals surface area contributed by atoms with Gasteiger partial charge in [-0.3, -0.25) is 9.36 Å². The van der Waals surface area contributed by atoms with Crippen LogP contribution in [0.5, 0.6) is 5.75 Å². The number of hydrogen-bond donors (Lipinski definition) is 1. The van der Waals surface area contributed by atoms with Crippen molar-refractivity contribution in [1.29, 1.82) is 5.26 Å². The Labute approximate surface area is 133 Å². The molecule has 0 aliphatic carbocycles. The zero-order chi connectivity index (χ0) is 16.1. The Bertz CT molecular complexity index is 812. The average molecular weight is 308 g/mol. The predicted molar refractivity (Wildman–Crippen MR) is 82.5 cm³/mol. The van der Waals surface area contributed by atoms with Crippen molar-refractivity contribution in [2.24, 2.45) is 0 Å². The molecule has 1 aromatic carbocycles. The Morgan fingerprint density at radius 3 is 2.57 bits per heavy atom. The van der Waals surface area contributed by atoms with Gasteiger partial charge < -0.3 is 5.11 Å². The minimum atomic E-state index is 0.276. The number of phenols is 1. The Balaban J connectivity index is 1.51. The van der Waals surface area contributed by atoms with Crippen LogP contribution in [0.4, 0.5) is 0 Å². The summed E-state index contributed by atoms with van der Waals surface area (Å²) in [5, 5.41) is 30.4. The molecule has 7 nitrogen and oxygen atoms in total. The van der Waals surface area contributed by atoms with Crippen LogP contribution in [0.1, 0.15) is 16.8 Å². The van der Waals surface area contributed by atoms with Crippen molar-refractivity contribution in [2.75, 3.05) is 0 Å². The van der Waals surface area contributed by atoms with Crippen LogP contribution < -0.4 is 0 Å². The third kappa shape index (κ3) is 3.95. The van der Waals surface area contributed by atoms with Crippen LogP contribution in [0, 0.1) is 11.3 Å². The normalized spacial score (nSPS) is 10.6. The number of benzene rings is 1. The molecule has 0 radical (unpaired) electrons. The minimum Gasteiger partial charge on any atom is -0.508 e. The third-order valence-corrected chi connectivity index (χ3v) is 3.51. The zero-order valence-electron chi connectivity index (χ0n) is 12.5. The Morgan fingerprint density at radius 1 is 1.04 bits per heavy atom. The molecule has 3 aromatic rings. The Hall–Kier alpha value is -3.14. The highest BCUT2D eigenvalue weighted by atomic mass is 16.3. The first-order valence-electron chi connectivity index (χ1n) is 7.32. The molecule has 2 aromatic heterocycles. The van der Waals surface area contributed by atoms with E-state index in [-0.39, 0.29) is 5.75 Å². The van der Waals surface area contributed by atoms with Crippen molar-refractivity contribution >= 4 is 0 Å². The maximum absolute atomic E-state index is 9.27. The molecule has 0 saturated carbocycles. The summed E-state index contributed by atoms with van der Waals surface area (Å²) in [5.74, 6) is 0.276. The molecular formula is C16H16N6O. The van der Waals surface area contributed by atoms with Crippen LogP contribution in [-0.4, -0.2) is 29.9 Å². The van der Waals surface area contributed by atoms with Gasteiger partial charge in [-0.05, 0) is 30.5 Å². The summed E-state index contributed by atoms with van der Waals surface area (Å²) in [6.45, 7) is 1.29. The fraction of sp³-hybridized carbons (Fsp3) is 0.250. The maximum Gasteiger partial charge on any atom is 0.115 e. The summed E-state index contributed by atoms with van der Waals surface area (Å²) in [4.78, 5) is 0. The van der Waals surface area contributed by atoms with Crippen molar-refractivity contribution in [3.8, 4) is 11.8 Å². The molecule has 0 saturated heterocycles. The number of nitrogens with zero attached hydrogens (tertiary/aromatic N) is 6. The number of aromatic hydroxyl groups is 1. The van der Waals surface area contributed by atoms with E-state index in [0.29, 0.717) is 18.7 Å². The van der Waals surface area contributed by atoms with Gasteiger partial charge in [-0.1, -0.05) is 17.3 Å². The van der Waals surface area contributed by atoms with Crippen molar-refractivity contribution in [3.05, 3.63) is 59.7 Å². The van der Waals surface area contributed by atoms with Crippen molar-refractivity contribution in [2.45, 2.75) is 25.9 Å². The van der Waals surface area contributed by atoms with E-state index in [1.807, 2.05) is 18.3 Å². The van der Waals surface area contributed by atoms with Gasteiger partial charge in [0.15, 0.2) is 0 Å². The molecular weight excluding hydrogens is 292 g/mol. The summed E-state index contributed by atoms with van der Waals surface area (Å²) in [6.07, 6.45) is 6.83. The van der Waals surface area contributed by atoms with E-state index >= 15 is 0 Å². The first-order chi connectivity index (χ1) is 11.2. The molecule has 7 heteroatoms. The summed E-state index contributed by atoms with van der Waals surface area (Å²) < 4.78 is 3.50. The smallest absolute Gasteiger partial charge is 0.115 e. The van der Waals surface area contributed by atoms with Crippen LogP contribution >= 0.6 is 0 Å². The molecule has 0 amide bonds. The standard InChI is InChI=1S/C16H16N6O/c17-9-14-10-18-21(11-14)7-8-22-12-15(19-20-22)4-1-13-2-5-16(23)6-3-13/h2-3,5-6,10-12,23H,1,4,7-8H2. The molecule has 0 atom stereocenters. The van der Waals surface area contributed by atoms with Gasteiger partial charge in [0.2, 0.25) is 0 Å². The maximum atomic E-state index is 9.27. The molecule has 3 rings (SSSR count). The average Bonchev–Trinajstić information content (AvgIpc) is 3.21. The largest absolute Gasteiger partial charge is 0.508 e. The quantitative estimate of drug-likeness (QED) is 0.745. The SMILES string of the molecule is N#Cc1cnn(CCn2cc(CCc3ccc(O)cc3)nn2)c1. The topological polar surface area (TPSA) is 92.5 Å². The summed E-state index contributed by atoms with van der Waals surface area (Å²) in [7, 11) is 0. The van der Waals surface area contributed by atoms with E-state index in [4.69, 9.17) is 5.26 Å². The molecule has 0 unspecified atom stereocenters. The van der Waals surface area contributed by atoms with E-state index < -0.39 is 0 Å². The van der Waals surface area contributed by atoms with Gasteiger partial charge in [-0.15, -0.1) is 5.10 Å². The molecule has 2 heterocycles. The Kier molecular flexibility index (Phi) is 4.34. The van der Waals surface area contributed by atoms with Crippen LogP contribution in [0.3, 0.4) is 0 Å². The third-order valence-electron chi connectivity index (χ3n) is 3.51. The fourth-order valence-electron chi connectivity index (χ4n) is 2.25. The number of aryl methyl sites for hydroxylation is 4. The van der Waals surface area contributed by atoms with Crippen LogP contribution in [0.2, 0.25) is 0 Å². The number of phenolic OH excluding ortho intramolecular Hbond substituents is 1. The van der Waals surface area contributed by atoms with Gasteiger partial charge in [0, 0.05) is 12.4 Å². The van der Waals surface area contributed by atoms with Gasteiger partial charge >= 0.3 is 0 Å². The molecule has 23 heavy (non-hydrogen) atoms. The number of hydrogen-bond acceptors (Lipinski definition) is 5. The van der Waals surface area contributed by atoms with E-state index in [2.05, 4.69) is 21.5 Å². The van der Waals surface area contributed by atoms with E-state index in [1.165, 1.54) is 0 Å². The van der Waals surface area contributed by atoms with Gasteiger partial charge in [0.05, 0.1) is 30.5 Å². The summed E-state index contributed by atoms with van der Waals surface area (Å²) in [5.41, 5.74) is 2.63. The summed E-state index contributed by atoms with van der Waals surface area (Å²) >= 11 is 0. The molecule has 0 bridgehead atoms. The lowest BCUT2D eigenvalue weighted by Gasteiger charge is -2.00. The fourth-order valence-corrected chi connectivity index (χ4v) is 2.25. The van der Waals surface area contributed by atoms with Gasteiger partial charge in [-0.2, -0.15) is 10.4 Å². The second-order valence-corrected chi connectivity index (χ2v) is 5.24. The van der Waals surface area contributed by atoms with Gasteiger partial charge in [0.1, 0.15) is 11.8 Å². The molecule has 0 fully saturated rings. The highest BCUT2D eigenvalue weighted by Crippen LogP contribution is 2.11. The van der Waals surface area contributed by atoms with E-state index in [1.54, 1.807) is 33.9 Å². The highest BCUT2D eigenvalue weighted by molar-refractivity contribution is 5.26. The number of rotatable bonds is 6. The lowest BCUT2D eigenvalue weighted by Crippen LogP contribution is -2.08. The van der Waals surface area contributed by atoms with Crippen LogP contribution in [-0.2, 0) is 25.9 Å². The first-order valence-corrected chi connectivity index (χ1v) is 7.32. The molecule has 0 spiro atoms. The monoisotopic (exact) mass is 308 g/mol. The molecule has 0 aliphatic heterocycles. The van der Waals surface area contributed by atoms with Gasteiger partial charge in [-0.25, -0.2) is 0 Å². The van der Waals surface area contributed by atoms with E-state index in [0.717, 1.165) is 24.1 Å². The second kappa shape index (κ2) is 6.75. The van der Waals surface area contributed by atoms with Crippen molar-refractivity contribution in [3.63, 3.8) is 0 Å². The van der Waals surface area contributed by atoms with Gasteiger partial charge in [0.25, 0.3) is 0 Å². The van der Waals surface area contributed by atoms with E-state index in [9.17, 15) is 5.11 Å². The minimum absolute atomic E-state index is 0.276. The molecule has 116 valence electrons. The second-order valence-electron chi connectivity index (χ2n) is 5.24. The zero-order valence-corrected chi connectivity index (χ0v) is 12.5.